The Morgan fingerprint density at radius 3 is 2.08 bits per heavy atom. The van der Waals surface area contributed by atoms with Crippen molar-refractivity contribution in [3.8, 4) is 0 Å². The fourth-order valence-electron chi connectivity index (χ4n) is 3.53. The van der Waals surface area contributed by atoms with Gasteiger partial charge in [0, 0.05) is 39.9 Å². The molecule has 2 aliphatic rings. The number of likely N-dealkylation sites (tertiary alicyclic amines) is 2. The molecule has 8 heteroatoms. The van der Waals surface area contributed by atoms with Crippen LogP contribution >= 0.6 is 0 Å². The van der Waals surface area contributed by atoms with Crippen LogP contribution in [0.3, 0.4) is 0 Å². The zero-order valence-electron chi connectivity index (χ0n) is 14.9. The minimum absolute atomic E-state index is 0.0480. The molecule has 2 fully saturated rings. The third kappa shape index (κ3) is 5.44. The van der Waals surface area contributed by atoms with Crippen LogP contribution in [0.4, 0.5) is 0 Å². The molecule has 0 saturated carbocycles. The van der Waals surface area contributed by atoms with E-state index in [4.69, 9.17) is 0 Å². The van der Waals surface area contributed by atoms with Crippen LogP contribution in [0.2, 0.25) is 0 Å². The number of likely N-dealkylation sites (N-methyl/N-ethyl adjacent to an activating group) is 1. The molecule has 24 heavy (non-hydrogen) atoms. The second kappa shape index (κ2) is 7.82. The molecule has 0 aromatic rings. The molecule has 0 aliphatic carbocycles. The van der Waals surface area contributed by atoms with Crippen molar-refractivity contribution in [2.24, 2.45) is 11.8 Å². The van der Waals surface area contributed by atoms with Crippen molar-refractivity contribution < 1.29 is 18.0 Å². The molecule has 0 N–H and O–H groups in total. The van der Waals surface area contributed by atoms with Crippen LogP contribution in [0.25, 0.3) is 0 Å². The monoisotopic (exact) mass is 359 g/mol. The van der Waals surface area contributed by atoms with Crippen molar-refractivity contribution in [1.82, 2.24) is 14.7 Å². The van der Waals surface area contributed by atoms with E-state index in [-0.39, 0.29) is 24.0 Å². The highest BCUT2D eigenvalue weighted by molar-refractivity contribution is 7.90. The van der Waals surface area contributed by atoms with Gasteiger partial charge in [-0.3, -0.25) is 14.5 Å². The summed E-state index contributed by atoms with van der Waals surface area (Å²) in [5, 5.41) is 0. The molecule has 2 heterocycles. The third-order valence-electron chi connectivity index (χ3n) is 5.11. The van der Waals surface area contributed by atoms with Gasteiger partial charge in [-0.15, -0.1) is 0 Å². The Morgan fingerprint density at radius 2 is 1.62 bits per heavy atom. The van der Waals surface area contributed by atoms with Gasteiger partial charge in [0.2, 0.25) is 11.8 Å². The predicted molar refractivity (Wildman–Crippen MR) is 92.3 cm³/mol. The molecule has 0 radical (unpaired) electrons. The summed E-state index contributed by atoms with van der Waals surface area (Å²) in [4.78, 5) is 29.7. The molecule has 2 saturated heterocycles. The highest BCUT2D eigenvalue weighted by Gasteiger charge is 2.37. The van der Waals surface area contributed by atoms with Crippen molar-refractivity contribution in [1.29, 1.82) is 0 Å². The lowest BCUT2D eigenvalue weighted by Gasteiger charge is -2.23. The van der Waals surface area contributed by atoms with Gasteiger partial charge >= 0.3 is 0 Å². The first-order chi connectivity index (χ1) is 11.2. The van der Waals surface area contributed by atoms with Gasteiger partial charge in [0.1, 0.15) is 9.84 Å². The summed E-state index contributed by atoms with van der Waals surface area (Å²) >= 11 is 0. The molecule has 2 aliphatic heterocycles. The number of carbonyl (C=O) groups is 2. The average Bonchev–Trinajstić information content (AvgIpc) is 2.81. The smallest absolute Gasteiger partial charge is 0.236 e. The van der Waals surface area contributed by atoms with E-state index in [9.17, 15) is 18.0 Å². The van der Waals surface area contributed by atoms with Crippen LogP contribution < -0.4 is 0 Å². The number of sulfone groups is 1. The predicted octanol–water partition coefficient (Wildman–Crippen LogP) is -0.320. The van der Waals surface area contributed by atoms with Crippen molar-refractivity contribution in [3.05, 3.63) is 0 Å². The summed E-state index contributed by atoms with van der Waals surface area (Å²) < 4.78 is 22.4. The summed E-state index contributed by atoms with van der Waals surface area (Å²) in [6.45, 7) is 3.67. The Kier molecular flexibility index (Phi) is 6.25. The lowest BCUT2D eigenvalue weighted by molar-refractivity contribution is -0.130. The first kappa shape index (κ1) is 19.2. The number of carbonyl (C=O) groups excluding carboxylic acids is 2. The molecule has 2 rings (SSSR count). The number of amides is 2. The molecule has 0 unspecified atom stereocenters. The molecule has 0 spiro atoms. The van der Waals surface area contributed by atoms with Crippen LogP contribution in [-0.2, 0) is 19.4 Å². The van der Waals surface area contributed by atoms with Crippen LogP contribution in [0, 0.1) is 11.8 Å². The zero-order chi connectivity index (χ0) is 17.9. The molecule has 0 aromatic carbocycles. The molecular formula is C16H29N3O4S. The van der Waals surface area contributed by atoms with E-state index in [1.807, 2.05) is 4.90 Å². The fraction of sp³-hybridized carbons (Fsp3) is 0.875. The van der Waals surface area contributed by atoms with E-state index in [0.29, 0.717) is 18.4 Å². The van der Waals surface area contributed by atoms with Gasteiger partial charge in [-0.1, -0.05) is 0 Å². The lowest BCUT2D eigenvalue weighted by Crippen LogP contribution is -2.38. The number of nitrogens with zero attached hydrogens (tertiary/aromatic N) is 3. The van der Waals surface area contributed by atoms with Crippen LogP contribution in [0.1, 0.15) is 19.3 Å². The van der Waals surface area contributed by atoms with Gasteiger partial charge in [0.25, 0.3) is 0 Å². The van der Waals surface area contributed by atoms with Crippen LogP contribution in [-0.4, -0.2) is 93.8 Å². The normalized spacial score (nSPS) is 25.2. The molecule has 138 valence electrons. The molecule has 0 aromatic heterocycles. The SMILES string of the molecule is CN(C)C(=O)CN1CC[C@@H]2CN(C(=O)CCS(C)(=O)=O)C[C@@H]2CC1. The highest BCUT2D eigenvalue weighted by atomic mass is 32.2. The second-order valence-corrected chi connectivity index (χ2v) is 9.60. The van der Waals surface area contributed by atoms with E-state index < -0.39 is 9.84 Å². The van der Waals surface area contributed by atoms with Gasteiger partial charge in [-0.2, -0.15) is 0 Å². The van der Waals surface area contributed by atoms with Crippen molar-refractivity contribution in [2.45, 2.75) is 19.3 Å². The van der Waals surface area contributed by atoms with Crippen LogP contribution in [0.5, 0.6) is 0 Å². The fourth-order valence-corrected chi connectivity index (χ4v) is 4.07. The Hall–Kier alpha value is -1.15. The summed E-state index contributed by atoms with van der Waals surface area (Å²) in [5.74, 6) is 0.934. The van der Waals surface area contributed by atoms with Crippen molar-refractivity contribution in [2.75, 3.05) is 58.8 Å². The van der Waals surface area contributed by atoms with Gasteiger partial charge < -0.3 is 9.80 Å². The molecule has 7 nitrogen and oxygen atoms in total. The Bertz CT molecular complexity index is 560. The quantitative estimate of drug-likeness (QED) is 0.672. The summed E-state index contributed by atoms with van der Waals surface area (Å²) in [5.41, 5.74) is 0. The number of rotatable bonds is 5. The average molecular weight is 359 g/mol. The van der Waals surface area contributed by atoms with E-state index >= 15 is 0 Å². The third-order valence-corrected chi connectivity index (χ3v) is 6.05. The number of hydrogen-bond acceptors (Lipinski definition) is 5. The Morgan fingerprint density at radius 1 is 1.08 bits per heavy atom. The lowest BCUT2D eigenvalue weighted by atomic mass is 9.92. The van der Waals surface area contributed by atoms with E-state index in [0.717, 1.165) is 45.3 Å². The van der Waals surface area contributed by atoms with Crippen molar-refractivity contribution >= 4 is 21.7 Å². The summed E-state index contributed by atoms with van der Waals surface area (Å²) in [6.07, 6.45) is 3.22. The summed E-state index contributed by atoms with van der Waals surface area (Å²) in [6, 6.07) is 0. The number of hydrogen-bond donors (Lipinski definition) is 0. The van der Waals surface area contributed by atoms with Gasteiger partial charge in [0.15, 0.2) is 0 Å². The molecule has 0 bridgehead atoms. The topological polar surface area (TPSA) is 78.0 Å². The minimum Gasteiger partial charge on any atom is -0.348 e. The molecular weight excluding hydrogens is 330 g/mol. The maximum Gasteiger partial charge on any atom is 0.236 e. The van der Waals surface area contributed by atoms with Gasteiger partial charge in [0.05, 0.1) is 12.3 Å². The first-order valence-corrected chi connectivity index (χ1v) is 10.6. The number of fused-ring (bicyclic) bond motifs is 1. The van der Waals surface area contributed by atoms with Gasteiger partial charge in [-0.25, -0.2) is 8.42 Å². The zero-order valence-corrected chi connectivity index (χ0v) is 15.7. The first-order valence-electron chi connectivity index (χ1n) is 8.53. The van der Waals surface area contributed by atoms with Crippen LogP contribution in [0.15, 0.2) is 0 Å². The molecule has 2 atom stereocenters. The Balaban J connectivity index is 1.82. The van der Waals surface area contributed by atoms with Crippen molar-refractivity contribution in [3.63, 3.8) is 0 Å². The van der Waals surface area contributed by atoms with Gasteiger partial charge in [-0.05, 0) is 37.8 Å². The van der Waals surface area contributed by atoms with E-state index in [2.05, 4.69) is 4.90 Å². The Labute approximate surface area is 144 Å². The maximum absolute atomic E-state index is 12.2. The second-order valence-electron chi connectivity index (χ2n) is 7.34. The maximum atomic E-state index is 12.2. The largest absolute Gasteiger partial charge is 0.348 e. The minimum atomic E-state index is -3.10. The summed E-state index contributed by atoms with van der Waals surface area (Å²) in [7, 11) is 0.449. The molecule has 2 amide bonds. The highest BCUT2D eigenvalue weighted by Crippen LogP contribution is 2.32. The van der Waals surface area contributed by atoms with E-state index in [1.165, 1.54) is 0 Å². The van der Waals surface area contributed by atoms with E-state index in [1.54, 1.807) is 19.0 Å². The standard InChI is InChI=1S/C16H29N3O4S/c1-17(2)16(21)12-18-7-4-13-10-19(11-14(13)5-8-18)15(20)6-9-24(3,22)23/h13-14H,4-12H2,1-3H3/t13-,14+.